The molecule has 1 aromatic carbocycles. The molecule has 1 aromatic heterocycles. The molecule has 1 N–H and O–H groups in total. The molecule has 1 aliphatic rings. The summed E-state index contributed by atoms with van der Waals surface area (Å²) in [6.07, 6.45) is 9.48. The van der Waals surface area contributed by atoms with E-state index in [-0.39, 0.29) is 0 Å². The van der Waals surface area contributed by atoms with Crippen LogP contribution in [0.1, 0.15) is 19.3 Å². The average Bonchev–Trinajstić information content (AvgIpc) is 2.85. The largest absolute Gasteiger partial charge is 0.387 e. The first-order valence-electron chi connectivity index (χ1n) is 8.08. The second kappa shape index (κ2) is 7.07. The molecule has 4 heteroatoms. The van der Waals surface area contributed by atoms with Crippen molar-refractivity contribution in [2.75, 3.05) is 13.2 Å². The Bertz CT molecular complexity index is 648. The van der Waals surface area contributed by atoms with Gasteiger partial charge < -0.3 is 9.84 Å². The summed E-state index contributed by atoms with van der Waals surface area (Å²) in [6.45, 7) is 1.71. The van der Waals surface area contributed by atoms with Gasteiger partial charge in [0, 0.05) is 6.61 Å². The highest BCUT2D eigenvalue weighted by Crippen LogP contribution is 2.18. The number of aryl methyl sites for hydroxylation is 1. The van der Waals surface area contributed by atoms with E-state index >= 15 is 0 Å². The Labute approximate surface area is 131 Å². The maximum Gasteiger partial charge on any atom is 0.244 e. The van der Waals surface area contributed by atoms with Crippen LogP contribution in [0.25, 0.3) is 11.0 Å². The van der Waals surface area contributed by atoms with E-state index in [9.17, 15) is 5.11 Å². The minimum atomic E-state index is -0.477. The van der Waals surface area contributed by atoms with Crippen LogP contribution in [-0.2, 0) is 18.3 Å². The molecule has 0 spiro atoms. The van der Waals surface area contributed by atoms with E-state index in [1.165, 1.54) is 11.9 Å². The van der Waals surface area contributed by atoms with Crippen molar-refractivity contribution in [3.05, 3.63) is 42.7 Å². The smallest absolute Gasteiger partial charge is 0.244 e. The molecule has 22 heavy (non-hydrogen) atoms. The lowest BCUT2D eigenvalue weighted by atomic mass is 9.95. The number of rotatable bonds is 6. The summed E-state index contributed by atoms with van der Waals surface area (Å²) in [4.78, 5) is 0. The highest BCUT2D eigenvalue weighted by Gasteiger charge is 2.17. The quantitative estimate of drug-likeness (QED) is 0.656. The Hall–Kier alpha value is -1.65. The number of fused-ring (bicyclic) bond motifs is 1. The molecule has 2 atom stereocenters. The topological polar surface area (TPSA) is 38.3 Å². The number of benzene rings is 1. The van der Waals surface area contributed by atoms with Gasteiger partial charge >= 0.3 is 0 Å². The molecule has 4 nitrogen and oxygen atoms in total. The molecular weight excluding hydrogens is 276 g/mol. The summed E-state index contributed by atoms with van der Waals surface area (Å²) >= 11 is 0. The molecule has 0 radical (unpaired) electrons. The van der Waals surface area contributed by atoms with Crippen LogP contribution in [0.2, 0.25) is 0 Å². The van der Waals surface area contributed by atoms with Gasteiger partial charge in [0.1, 0.15) is 12.6 Å². The average molecular weight is 301 g/mol. The van der Waals surface area contributed by atoms with Gasteiger partial charge in [-0.3, -0.25) is 0 Å². The molecule has 2 aromatic rings. The van der Waals surface area contributed by atoms with E-state index < -0.39 is 6.10 Å². The van der Waals surface area contributed by atoms with Crippen LogP contribution < -0.4 is 4.57 Å². The molecule has 1 aliphatic carbocycles. The van der Waals surface area contributed by atoms with Crippen molar-refractivity contribution in [3.8, 4) is 0 Å². The molecule has 118 valence electrons. The first kappa shape index (κ1) is 15.3. The summed E-state index contributed by atoms with van der Waals surface area (Å²) in [5.74, 6) is 0.613. The predicted octanol–water partition coefficient (Wildman–Crippen LogP) is 2.20. The maximum absolute atomic E-state index is 10.2. The molecule has 0 fully saturated rings. The first-order chi connectivity index (χ1) is 10.7. The van der Waals surface area contributed by atoms with E-state index in [1.54, 1.807) is 0 Å². The van der Waals surface area contributed by atoms with E-state index in [0.717, 1.165) is 25.0 Å². The molecule has 0 saturated heterocycles. The number of allylic oxidation sites excluding steroid dienone is 2. The molecule has 1 heterocycles. The minimum absolute atomic E-state index is 0.399. The third-order valence-electron chi connectivity index (χ3n) is 4.33. The molecule has 0 unspecified atom stereocenters. The number of hydrogen-bond acceptors (Lipinski definition) is 2. The van der Waals surface area contributed by atoms with Crippen molar-refractivity contribution in [1.82, 2.24) is 4.57 Å². The standard InChI is InChI=1S/C18H25N2O2/c1-19-14-20(18-10-6-5-9-17(18)19)11-16(21)13-22-12-15-7-3-2-4-8-15/h2-3,5-6,9-10,14-16,21H,4,7-8,11-13H2,1H3/q+1/t15-,16-/m1/s1. The molecule has 3 rings (SSSR count). The highest BCUT2D eigenvalue weighted by atomic mass is 16.5. The number of aromatic nitrogens is 2. The van der Waals surface area contributed by atoms with Gasteiger partial charge in [-0.1, -0.05) is 24.3 Å². The SMILES string of the molecule is C[n+]1cn(C[C@@H](O)COC[C@@H]2CC=CCC2)c2ccccc21. The van der Waals surface area contributed by atoms with Crippen molar-refractivity contribution in [3.63, 3.8) is 0 Å². The third kappa shape index (κ3) is 3.57. The van der Waals surface area contributed by atoms with E-state index in [0.29, 0.717) is 19.1 Å². The Morgan fingerprint density at radius 2 is 2.23 bits per heavy atom. The summed E-state index contributed by atoms with van der Waals surface area (Å²) in [5.41, 5.74) is 2.31. The zero-order chi connectivity index (χ0) is 15.4. The third-order valence-corrected chi connectivity index (χ3v) is 4.33. The summed E-state index contributed by atoms with van der Waals surface area (Å²) in [7, 11) is 2.03. The zero-order valence-electron chi connectivity index (χ0n) is 13.2. The van der Waals surface area contributed by atoms with Gasteiger partial charge in [-0.15, -0.1) is 0 Å². The predicted molar refractivity (Wildman–Crippen MR) is 86.4 cm³/mol. The van der Waals surface area contributed by atoms with E-state index in [2.05, 4.69) is 33.4 Å². The minimum Gasteiger partial charge on any atom is -0.387 e. The fraction of sp³-hybridized carbons (Fsp3) is 0.500. The van der Waals surface area contributed by atoms with Crippen molar-refractivity contribution in [1.29, 1.82) is 0 Å². The second-order valence-corrected chi connectivity index (χ2v) is 6.21. The second-order valence-electron chi connectivity index (χ2n) is 6.21. The molecular formula is C18H25N2O2+. The molecule has 0 aliphatic heterocycles. The van der Waals surface area contributed by atoms with Gasteiger partial charge in [0.25, 0.3) is 0 Å². The van der Waals surface area contributed by atoms with Crippen LogP contribution in [-0.4, -0.2) is 29.0 Å². The fourth-order valence-electron chi connectivity index (χ4n) is 3.14. The van der Waals surface area contributed by atoms with Gasteiger partial charge in [-0.05, 0) is 37.3 Å². The summed E-state index contributed by atoms with van der Waals surface area (Å²) in [5, 5.41) is 10.2. The number of hydrogen-bond donors (Lipinski definition) is 1. The number of nitrogens with zero attached hydrogens (tertiary/aromatic N) is 2. The van der Waals surface area contributed by atoms with Crippen molar-refractivity contribution < 1.29 is 14.4 Å². The van der Waals surface area contributed by atoms with E-state index in [4.69, 9.17) is 4.74 Å². The number of aliphatic hydroxyl groups excluding tert-OH is 1. The number of para-hydroxylation sites is 2. The lowest BCUT2D eigenvalue weighted by molar-refractivity contribution is -0.645. The van der Waals surface area contributed by atoms with Crippen LogP contribution in [0, 0.1) is 5.92 Å². The lowest BCUT2D eigenvalue weighted by Crippen LogP contribution is -2.27. The first-order valence-corrected chi connectivity index (χ1v) is 8.08. The highest BCUT2D eigenvalue weighted by molar-refractivity contribution is 5.71. The van der Waals surface area contributed by atoms with Gasteiger partial charge in [0.15, 0.2) is 11.0 Å². The van der Waals surface area contributed by atoms with Crippen LogP contribution in [0.3, 0.4) is 0 Å². The van der Waals surface area contributed by atoms with Gasteiger partial charge in [-0.2, -0.15) is 0 Å². The monoisotopic (exact) mass is 301 g/mol. The molecule has 0 bridgehead atoms. The van der Waals surface area contributed by atoms with Crippen molar-refractivity contribution in [2.24, 2.45) is 13.0 Å². The lowest BCUT2D eigenvalue weighted by Gasteiger charge is -2.18. The van der Waals surface area contributed by atoms with Crippen LogP contribution in [0.5, 0.6) is 0 Å². The van der Waals surface area contributed by atoms with Gasteiger partial charge in [0.2, 0.25) is 6.33 Å². The maximum atomic E-state index is 10.2. The van der Waals surface area contributed by atoms with Gasteiger partial charge in [0.05, 0.1) is 13.7 Å². The summed E-state index contributed by atoms with van der Waals surface area (Å²) < 4.78 is 9.89. The van der Waals surface area contributed by atoms with Crippen LogP contribution >= 0.6 is 0 Å². The zero-order valence-corrected chi connectivity index (χ0v) is 13.2. The van der Waals surface area contributed by atoms with Crippen molar-refractivity contribution >= 4 is 11.0 Å². The van der Waals surface area contributed by atoms with E-state index in [1.807, 2.05) is 25.5 Å². The summed E-state index contributed by atoms with van der Waals surface area (Å²) in [6, 6.07) is 8.23. The Morgan fingerprint density at radius 3 is 3.05 bits per heavy atom. The van der Waals surface area contributed by atoms with Crippen LogP contribution in [0.4, 0.5) is 0 Å². The Balaban J connectivity index is 1.52. The number of aliphatic hydroxyl groups is 1. The number of imidazole rings is 1. The number of ether oxygens (including phenoxy) is 1. The normalized spacial score (nSPS) is 19.6. The van der Waals surface area contributed by atoms with Crippen LogP contribution in [0.15, 0.2) is 42.7 Å². The molecule has 0 amide bonds. The van der Waals surface area contributed by atoms with Gasteiger partial charge in [-0.25, -0.2) is 9.13 Å². The molecule has 0 saturated carbocycles. The fourth-order valence-corrected chi connectivity index (χ4v) is 3.14. The Kier molecular flexibility index (Phi) is 4.90. The Morgan fingerprint density at radius 1 is 1.36 bits per heavy atom. The van der Waals surface area contributed by atoms with Crippen molar-refractivity contribution in [2.45, 2.75) is 31.9 Å².